The summed E-state index contributed by atoms with van der Waals surface area (Å²) < 4.78 is 0. The molecular weight excluding hydrogens is 352 g/mol. The van der Waals surface area contributed by atoms with Gasteiger partial charge in [-0.05, 0) is 26.3 Å². The molecule has 2 rings (SSSR count). The highest BCUT2D eigenvalue weighted by Crippen LogP contribution is 2.26. The Morgan fingerprint density at radius 2 is 1.81 bits per heavy atom. The third-order valence-electron chi connectivity index (χ3n) is 5.58. The molecule has 2 aliphatic rings. The van der Waals surface area contributed by atoms with Crippen molar-refractivity contribution in [3.63, 3.8) is 0 Å². The fourth-order valence-corrected chi connectivity index (χ4v) is 3.83. The molecule has 9 nitrogen and oxygen atoms in total. The van der Waals surface area contributed by atoms with Gasteiger partial charge < -0.3 is 19.8 Å². The van der Waals surface area contributed by atoms with Crippen molar-refractivity contribution < 1.29 is 24.7 Å². The summed E-state index contributed by atoms with van der Waals surface area (Å²) in [5.74, 6) is -2.39. The Balaban J connectivity index is 2.10. The van der Waals surface area contributed by atoms with Gasteiger partial charge in [0.15, 0.2) is 0 Å². The number of likely N-dealkylation sites (tertiary alicyclic amines) is 1. The Morgan fingerprint density at radius 3 is 2.41 bits per heavy atom. The lowest BCUT2D eigenvalue weighted by atomic mass is 9.93. The van der Waals surface area contributed by atoms with E-state index in [1.54, 1.807) is 4.90 Å². The molecule has 0 aromatic heterocycles. The summed E-state index contributed by atoms with van der Waals surface area (Å²) in [6.45, 7) is 5.29. The van der Waals surface area contributed by atoms with Gasteiger partial charge in [-0.1, -0.05) is 19.8 Å². The number of nitrogens with one attached hydrogen (secondary N) is 1. The molecule has 27 heavy (non-hydrogen) atoms. The Morgan fingerprint density at radius 1 is 1.15 bits per heavy atom. The Hall–Kier alpha value is -1.71. The van der Waals surface area contributed by atoms with Crippen LogP contribution in [-0.2, 0) is 14.4 Å². The molecule has 3 unspecified atom stereocenters. The molecule has 3 amide bonds. The van der Waals surface area contributed by atoms with Gasteiger partial charge >= 0.3 is 0 Å². The maximum atomic E-state index is 13.1. The number of aliphatic hydroxyl groups excluding tert-OH is 1. The van der Waals surface area contributed by atoms with E-state index in [0.29, 0.717) is 38.9 Å². The molecule has 2 heterocycles. The molecule has 9 heteroatoms. The SMILES string of the molecule is CCCCC(C(=O)N1CCCC1C(=O)N1CCN(C)CC1)C(O)C(=O)NO. The maximum Gasteiger partial charge on any atom is 0.272 e. The molecule has 2 aliphatic heterocycles. The summed E-state index contributed by atoms with van der Waals surface area (Å²) >= 11 is 0. The highest BCUT2D eigenvalue weighted by Gasteiger charge is 2.42. The summed E-state index contributed by atoms with van der Waals surface area (Å²) in [4.78, 5) is 43.2. The van der Waals surface area contributed by atoms with Crippen molar-refractivity contribution >= 4 is 17.7 Å². The van der Waals surface area contributed by atoms with E-state index in [0.717, 1.165) is 25.9 Å². The molecule has 0 aromatic rings. The van der Waals surface area contributed by atoms with Crippen LogP contribution in [0.3, 0.4) is 0 Å². The first-order chi connectivity index (χ1) is 12.9. The van der Waals surface area contributed by atoms with Crippen molar-refractivity contribution in [3.8, 4) is 0 Å². The van der Waals surface area contributed by atoms with Gasteiger partial charge in [0.2, 0.25) is 11.8 Å². The standard InChI is InChI=1S/C18H32N4O5/c1-3-4-6-13(15(23)16(24)19-27)17(25)22-8-5-7-14(22)18(26)21-11-9-20(2)10-12-21/h13-15,23,27H,3-12H2,1-2H3,(H,19,24). The molecule has 0 aliphatic carbocycles. The second kappa shape index (κ2) is 10.0. The van der Waals surface area contributed by atoms with Crippen molar-refractivity contribution in [2.45, 2.75) is 51.2 Å². The topological polar surface area (TPSA) is 113 Å². The van der Waals surface area contributed by atoms with E-state index >= 15 is 0 Å². The number of rotatable bonds is 7. The number of carbonyl (C=O) groups excluding carboxylic acids is 3. The smallest absolute Gasteiger partial charge is 0.272 e. The number of carbonyl (C=O) groups is 3. The summed E-state index contributed by atoms with van der Waals surface area (Å²) in [6, 6.07) is -0.533. The number of hydroxylamine groups is 1. The second-order valence-corrected chi connectivity index (χ2v) is 7.49. The Labute approximate surface area is 160 Å². The minimum atomic E-state index is -1.63. The molecule has 0 saturated carbocycles. The number of aliphatic hydroxyl groups is 1. The zero-order valence-corrected chi connectivity index (χ0v) is 16.3. The van der Waals surface area contributed by atoms with Crippen LogP contribution in [0.1, 0.15) is 39.0 Å². The minimum absolute atomic E-state index is 0.0516. The number of likely N-dealkylation sites (N-methyl/N-ethyl adjacent to an activating group) is 1. The predicted octanol–water partition coefficient (Wildman–Crippen LogP) is -0.576. The van der Waals surface area contributed by atoms with Crippen molar-refractivity contribution in [2.24, 2.45) is 5.92 Å². The molecule has 0 bridgehead atoms. The van der Waals surface area contributed by atoms with E-state index < -0.39 is 24.0 Å². The van der Waals surface area contributed by atoms with Gasteiger partial charge in [0.1, 0.15) is 12.1 Å². The lowest BCUT2D eigenvalue weighted by Gasteiger charge is -2.36. The van der Waals surface area contributed by atoms with E-state index in [9.17, 15) is 19.5 Å². The molecule has 0 radical (unpaired) electrons. The number of nitrogens with zero attached hydrogens (tertiary/aromatic N) is 3. The van der Waals surface area contributed by atoms with Crippen LogP contribution in [0.2, 0.25) is 0 Å². The third-order valence-corrected chi connectivity index (χ3v) is 5.58. The van der Waals surface area contributed by atoms with Gasteiger partial charge in [-0.25, -0.2) is 5.48 Å². The molecule has 2 fully saturated rings. The predicted molar refractivity (Wildman–Crippen MR) is 97.8 cm³/mol. The van der Waals surface area contributed by atoms with Gasteiger partial charge in [0.25, 0.3) is 5.91 Å². The Kier molecular flexibility index (Phi) is 8.00. The lowest BCUT2D eigenvalue weighted by Crippen LogP contribution is -2.55. The first-order valence-corrected chi connectivity index (χ1v) is 9.80. The monoisotopic (exact) mass is 384 g/mol. The van der Waals surface area contributed by atoms with Crippen LogP contribution in [0.5, 0.6) is 0 Å². The van der Waals surface area contributed by atoms with Crippen LogP contribution >= 0.6 is 0 Å². The van der Waals surface area contributed by atoms with Crippen molar-refractivity contribution in [2.75, 3.05) is 39.8 Å². The van der Waals surface area contributed by atoms with Gasteiger partial charge in [0.05, 0.1) is 5.92 Å². The van der Waals surface area contributed by atoms with Crippen LogP contribution in [0, 0.1) is 5.92 Å². The summed E-state index contributed by atoms with van der Waals surface area (Å²) in [5, 5.41) is 19.0. The number of piperazine rings is 1. The number of hydrogen-bond acceptors (Lipinski definition) is 6. The normalized spacial score (nSPS) is 23.2. The minimum Gasteiger partial charge on any atom is -0.382 e. The van der Waals surface area contributed by atoms with E-state index in [1.807, 2.05) is 14.0 Å². The quantitative estimate of drug-likeness (QED) is 0.400. The number of amides is 3. The molecule has 3 N–H and O–H groups in total. The van der Waals surface area contributed by atoms with Crippen molar-refractivity contribution in [1.82, 2.24) is 20.2 Å². The molecule has 3 atom stereocenters. The molecule has 0 spiro atoms. The third kappa shape index (κ3) is 5.18. The highest BCUT2D eigenvalue weighted by molar-refractivity contribution is 5.92. The van der Waals surface area contributed by atoms with E-state index in [1.165, 1.54) is 10.4 Å². The molecular formula is C18H32N4O5. The van der Waals surface area contributed by atoms with Crippen LogP contribution in [0.15, 0.2) is 0 Å². The van der Waals surface area contributed by atoms with Gasteiger partial charge in [-0.15, -0.1) is 0 Å². The van der Waals surface area contributed by atoms with Gasteiger partial charge in [0, 0.05) is 32.7 Å². The maximum absolute atomic E-state index is 13.1. The van der Waals surface area contributed by atoms with E-state index in [2.05, 4.69) is 4.90 Å². The van der Waals surface area contributed by atoms with Gasteiger partial charge in [-0.3, -0.25) is 19.6 Å². The molecule has 154 valence electrons. The number of hydrogen-bond donors (Lipinski definition) is 3. The fourth-order valence-electron chi connectivity index (χ4n) is 3.83. The van der Waals surface area contributed by atoms with Crippen molar-refractivity contribution in [3.05, 3.63) is 0 Å². The summed E-state index contributed by atoms with van der Waals surface area (Å²) in [7, 11) is 2.01. The van der Waals surface area contributed by atoms with Crippen LogP contribution in [0.25, 0.3) is 0 Å². The average Bonchev–Trinajstić information content (AvgIpc) is 3.17. The van der Waals surface area contributed by atoms with Crippen LogP contribution in [0.4, 0.5) is 0 Å². The molecule has 2 saturated heterocycles. The fraction of sp³-hybridized carbons (Fsp3) is 0.833. The summed E-state index contributed by atoms with van der Waals surface area (Å²) in [5.41, 5.74) is 1.42. The van der Waals surface area contributed by atoms with E-state index in [-0.39, 0.29) is 11.8 Å². The zero-order valence-electron chi connectivity index (χ0n) is 16.3. The van der Waals surface area contributed by atoms with E-state index in [4.69, 9.17) is 5.21 Å². The van der Waals surface area contributed by atoms with Gasteiger partial charge in [-0.2, -0.15) is 0 Å². The average molecular weight is 384 g/mol. The van der Waals surface area contributed by atoms with Crippen LogP contribution in [-0.4, -0.2) is 94.7 Å². The number of unbranched alkanes of at least 4 members (excludes halogenated alkanes) is 1. The van der Waals surface area contributed by atoms with Crippen LogP contribution < -0.4 is 5.48 Å². The Bertz CT molecular complexity index is 536. The zero-order chi connectivity index (χ0) is 20.0. The lowest BCUT2D eigenvalue weighted by molar-refractivity contribution is -0.154. The molecule has 0 aromatic carbocycles. The summed E-state index contributed by atoms with van der Waals surface area (Å²) in [6.07, 6.45) is 1.49. The largest absolute Gasteiger partial charge is 0.382 e. The first-order valence-electron chi connectivity index (χ1n) is 9.80. The first kappa shape index (κ1) is 21.6. The second-order valence-electron chi connectivity index (χ2n) is 7.49. The van der Waals surface area contributed by atoms with Crippen molar-refractivity contribution in [1.29, 1.82) is 0 Å². The highest BCUT2D eigenvalue weighted by atomic mass is 16.5.